The Balaban J connectivity index is 2.35. The molecule has 0 radical (unpaired) electrons. The Kier molecular flexibility index (Phi) is 5.53. The monoisotopic (exact) mass is 350 g/mol. The third-order valence-corrected chi connectivity index (χ3v) is 4.76. The summed E-state index contributed by atoms with van der Waals surface area (Å²) in [6.07, 6.45) is 2.74. The van der Waals surface area contributed by atoms with Crippen molar-refractivity contribution in [3.8, 4) is 0 Å². The lowest BCUT2D eigenvalue weighted by molar-refractivity contribution is 0.512. The Labute approximate surface area is 135 Å². The number of aromatic nitrogens is 3. The van der Waals surface area contributed by atoms with E-state index >= 15 is 0 Å². The van der Waals surface area contributed by atoms with Crippen molar-refractivity contribution in [1.29, 1.82) is 0 Å². The molecule has 0 aliphatic heterocycles. The molecule has 0 aliphatic rings. The molecule has 1 N–H and O–H groups in total. The first-order valence-corrected chi connectivity index (χ1v) is 8.24. The van der Waals surface area contributed by atoms with Gasteiger partial charge in [-0.15, -0.1) is 0 Å². The van der Waals surface area contributed by atoms with Gasteiger partial charge in [-0.1, -0.05) is 13.0 Å². The second-order valence-electron chi connectivity index (χ2n) is 5.15. The summed E-state index contributed by atoms with van der Waals surface area (Å²) in [4.78, 5) is 4.42. The molecule has 4 nitrogen and oxygen atoms in total. The van der Waals surface area contributed by atoms with Crippen LogP contribution in [0.25, 0.3) is 0 Å². The van der Waals surface area contributed by atoms with E-state index in [0.29, 0.717) is 0 Å². The molecule has 0 saturated heterocycles. The Bertz CT molecular complexity index is 606. The van der Waals surface area contributed by atoms with Crippen LogP contribution in [0.2, 0.25) is 0 Å². The minimum absolute atomic E-state index is 0.251. The van der Waals surface area contributed by atoms with Crippen molar-refractivity contribution in [2.75, 3.05) is 6.54 Å². The van der Waals surface area contributed by atoms with E-state index in [9.17, 15) is 0 Å². The van der Waals surface area contributed by atoms with Gasteiger partial charge < -0.3 is 5.32 Å². The van der Waals surface area contributed by atoms with E-state index in [1.54, 1.807) is 0 Å². The Morgan fingerprint density at radius 1 is 1.29 bits per heavy atom. The maximum atomic E-state index is 4.58. The van der Waals surface area contributed by atoms with Crippen LogP contribution < -0.4 is 5.32 Å². The fraction of sp³-hybridized carbons (Fsp3) is 0.500. The second kappa shape index (κ2) is 7.18. The van der Waals surface area contributed by atoms with Gasteiger partial charge in [0.2, 0.25) is 0 Å². The molecular weight excluding hydrogens is 328 g/mol. The largest absolute Gasteiger partial charge is 0.310 e. The van der Waals surface area contributed by atoms with Gasteiger partial charge in [0.25, 0.3) is 0 Å². The van der Waals surface area contributed by atoms with E-state index in [0.717, 1.165) is 35.4 Å². The third-order valence-electron chi connectivity index (χ3n) is 3.72. The van der Waals surface area contributed by atoms with Gasteiger partial charge in [-0.3, -0.25) is 9.67 Å². The van der Waals surface area contributed by atoms with Crippen molar-refractivity contribution in [2.24, 2.45) is 0 Å². The summed E-state index contributed by atoms with van der Waals surface area (Å²) in [5.41, 5.74) is 4.63. The summed E-state index contributed by atoms with van der Waals surface area (Å²) in [6, 6.07) is 4.41. The lowest BCUT2D eigenvalue weighted by Gasteiger charge is -2.20. The number of pyridine rings is 1. The standard InChI is InChI=1S/C16H23BrN4/c1-5-18-14(13-8-7-9-19-11(13)3)10-15-16(17)12(4)20-21(15)6-2/h7-9,14,18H,5-6,10H2,1-4H3. The Morgan fingerprint density at radius 3 is 2.67 bits per heavy atom. The molecule has 0 bridgehead atoms. The maximum absolute atomic E-state index is 4.58. The highest BCUT2D eigenvalue weighted by Gasteiger charge is 2.19. The van der Waals surface area contributed by atoms with Gasteiger partial charge in [0.05, 0.1) is 15.9 Å². The first-order valence-electron chi connectivity index (χ1n) is 7.45. The lowest BCUT2D eigenvalue weighted by atomic mass is 10.0. The van der Waals surface area contributed by atoms with Crippen molar-refractivity contribution in [1.82, 2.24) is 20.1 Å². The van der Waals surface area contributed by atoms with Gasteiger partial charge in [-0.2, -0.15) is 5.10 Å². The fourth-order valence-corrected chi connectivity index (χ4v) is 3.11. The van der Waals surface area contributed by atoms with Crippen LogP contribution >= 0.6 is 15.9 Å². The molecule has 1 unspecified atom stereocenters. The molecule has 114 valence electrons. The van der Waals surface area contributed by atoms with Crippen LogP contribution in [-0.4, -0.2) is 21.3 Å². The zero-order valence-electron chi connectivity index (χ0n) is 13.2. The molecule has 2 aromatic heterocycles. The number of hydrogen-bond acceptors (Lipinski definition) is 3. The fourth-order valence-electron chi connectivity index (χ4n) is 2.66. The Hall–Kier alpha value is -1.20. The highest BCUT2D eigenvalue weighted by atomic mass is 79.9. The summed E-state index contributed by atoms with van der Waals surface area (Å²) in [7, 11) is 0. The van der Waals surface area contributed by atoms with Crippen molar-refractivity contribution >= 4 is 15.9 Å². The quantitative estimate of drug-likeness (QED) is 0.865. The summed E-state index contributed by atoms with van der Waals surface area (Å²) in [5.74, 6) is 0. The summed E-state index contributed by atoms with van der Waals surface area (Å²) >= 11 is 3.69. The predicted molar refractivity (Wildman–Crippen MR) is 89.4 cm³/mol. The molecule has 21 heavy (non-hydrogen) atoms. The van der Waals surface area contributed by atoms with E-state index in [1.165, 1.54) is 11.3 Å². The molecule has 1 atom stereocenters. The van der Waals surface area contributed by atoms with Crippen LogP contribution in [0.5, 0.6) is 0 Å². The van der Waals surface area contributed by atoms with Crippen molar-refractivity contribution < 1.29 is 0 Å². The maximum Gasteiger partial charge on any atom is 0.0738 e. The summed E-state index contributed by atoms with van der Waals surface area (Å²) in [5, 5.41) is 8.16. The number of halogens is 1. The number of hydrogen-bond donors (Lipinski definition) is 1. The molecule has 2 rings (SSSR count). The normalized spacial score (nSPS) is 12.6. The molecule has 0 saturated carbocycles. The number of rotatable bonds is 6. The number of nitrogens with zero attached hydrogens (tertiary/aromatic N) is 3. The zero-order valence-corrected chi connectivity index (χ0v) is 14.7. The van der Waals surface area contributed by atoms with Crippen LogP contribution in [0, 0.1) is 13.8 Å². The summed E-state index contributed by atoms with van der Waals surface area (Å²) < 4.78 is 3.20. The van der Waals surface area contributed by atoms with Crippen LogP contribution in [0.1, 0.15) is 42.5 Å². The first-order chi connectivity index (χ1) is 10.1. The average Bonchev–Trinajstić information content (AvgIpc) is 2.75. The number of nitrogens with one attached hydrogen (secondary N) is 1. The van der Waals surface area contributed by atoms with Gasteiger partial charge in [0.1, 0.15) is 0 Å². The topological polar surface area (TPSA) is 42.7 Å². The van der Waals surface area contributed by atoms with E-state index in [2.05, 4.69) is 62.8 Å². The first kappa shape index (κ1) is 16.2. The molecule has 0 spiro atoms. The highest BCUT2D eigenvalue weighted by Crippen LogP contribution is 2.27. The van der Waals surface area contributed by atoms with E-state index < -0.39 is 0 Å². The van der Waals surface area contributed by atoms with Crippen molar-refractivity contribution in [3.05, 3.63) is 45.4 Å². The Morgan fingerprint density at radius 2 is 2.05 bits per heavy atom. The van der Waals surface area contributed by atoms with E-state index in [1.807, 2.05) is 19.2 Å². The molecule has 0 aliphatic carbocycles. The second-order valence-corrected chi connectivity index (χ2v) is 5.95. The van der Waals surface area contributed by atoms with E-state index in [-0.39, 0.29) is 6.04 Å². The number of aryl methyl sites for hydroxylation is 3. The molecular formula is C16H23BrN4. The smallest absolute Gasteiger partial charge is 0.0738 e. The van der Waals surface area contributed by atoms with Crippen molar-refractivity contribution in [2.45, 2.75) is 46.7 Å². The molecule has 2 aromatic rings. The van der Waals surface area contributed by atoms with Gasteiger partial charge in [-0.25, -0.2) is 0 Å². The summed E-state index contributed by atoms with van der Waals surface area (Å²) in [6.45, 7) is 10.2. The van der Waals surface area contributed by atoms with Gasteiger partial charge >= 0.3 is 0 Å². The van der Waals surface area contributed by atoms with Crippen LogP contribution in [0.15, 0.2) is 22.8 Å². The predicted octanol–water partition coefficient (Wildman–Crippen LogP) is 3.57. The minimum atomic E-state index is 0.251. The lowest BCUT2D eigenvalue weighted by Crippen LogP contribution is -2.25. The molecule has 0 aromatic carbocycles. The van der Waals surface area contributed by atoms with Gasteiger partial charge in [0, 0.05) is 30.9 Å². The molecule has 0 fully saturated rings. The third kappa shape index (κ3) is 3.52. The molecule has 5 heteroatoms. The van der Waals surface area contributed by atoms with Gasteiger partial charge in [0.15, 0.2) is 0 Å². The van der Waals surface area contributed by atoms with Crippen LogP contribution in [0.3, 0.4) is 0 Å². The van der Waals surface area contributed by atoms with Gasteiger partial charge in [-0.05, 0) is 54.9 Å². The molecule has 2 heterocycles. The number of likely N-dealkylation sites (N-methyl/N-ethyl adjacent to an activating group) is 1. The minimum Gasteiger partial charge on any atom is -0.310 e. The highest BCUT2D eigenvalue weighted by molar-refractivity contribution is 9.10. The van der Waals surface area contributed by atoms with Crippen LogP contribution in [-0.2, 0) is 13.0 Å². The van der Waals surface area contributed by atoms with Crippen LogP contribution in [0.4, 0.5) is 0 Å². The average molecular weight is 351 g/mol. The van der Waals surface area contributed by atoms with E-state index in [4.69, 9.17) is 0 Å². The van der Waals surface area contributed by atoms with Crippen molar-refractivity contribution in [3.63, 3.8) is 0 Å². The zero-order chi connectivity index (χ0) is 15.4. The molecule has 0 amide bonds. The SMILES string of the molecule is CCNC(Cc1c(Br)c(C)nn1CC)c1cccnc1C.